The molecule has 0 aromatic heterocycles. The van der Waals surface area contributed by atoms with E-state index in [1.807, 2.05) is 6.92 Å². The van der Waals surface area contributed by atoms with Gasteiger partial charge in [0.2, 0.25) is 0 Å². The van der Waals surface area contributed by atoms with Crippen LogP contribution in [0.25, 0.3) is 0 Å². The van der Waals surface area contributed by atoms with Crippen LogP contribution >= 0.6 is 0 Å². The van der Waals surface area contributed by atoms with Gasteiger partial charge in [-0.3, -0.25) is 9.59 Å². The molecule has 0 saturated carbocycles. The summed E-state index contributed by atoms with van der Waals surface area (Å²) in [6.07, 6.45) is 1.45. The summed E-state index contributed by atoms with van der Waals surface area (Å²) in [5.74, 6) is -0.342. The second-order valence-corrected chi connectivity index (χ2v) is 4.27. The first-order chi connectivity index (χ1) is 8.64. The normalized spacial score (nSPS) is 18.3. The zero-order chi connectivity index (χ0) is 13.4. The summed E-state index contributed by atoms with van der Waals surface area (Å²) in [6, 6.07) is 0. The lowest BCUT2D eigenvalue weighted by Gasteiger charge is -2.35. The minimum atomic E-state index is -0.751. The van der Waals surface area contributed by atoms with Gasteiger partial charge in [0.25, 0.3) is 0 Å². The van der Waals surface area contributed by atoms with Gasteiger partial charge >= 0.3 is 5.97 Å². The predicted octanol–water partition coefficient (Wildman–Crippen LogP) is 1.48. The van der Waals surface area contributed by atoms with Gasteiger partial charge in [0.1, 0.15) is 5.60 Å². The third-order valence-electron chi connectivity index (χ3n) is 3.09. The van der Waals surface area contributed by atoms with Crippen LogP contribution in [0.2, 0.25) is 0 Å². The van der Waals surface area contributed by atoms with Crippen LogP contribution < -0.4 is 0 Å². The summed E-state index contributed by atoms with van der Waals surface area (Å²) in [4.78, 5) is 23.5. The van der Waals surface area contributed by atoms with Crippen molar-refractivity contribution in [3.63, 3.8) is 0 Å². The van der Waals surface area contributed by atoms with E-state index in [9.17, 15) is 9.59 Å². The van der Waals surface area contributed by atoms with Crippen molar-refractivity contribution in [2.24, 2.45) is 0 Å². The highest BCUT2D eigenvalue weighted by molar-refractivity contribution is 5.90. The molecule has 1 fully saturated rings. The molecule has 5 heteroatoms. The Bertz CT molecular complexity index is 276. The predicted molar refractivity (Wildman–Crippen MR) is 65.3 cm³/mol. The first-order valence-electron chi connectivity index (χ1n) is 6.55. The fourth-order valence-electron chi connectivity index (χ4n) is 2.16. The average molecular weight is 258 g/mol. The van der Waals surface area contributed by atoms with E-state index in [0.29, 0.717) is 39.3 Å². The van der Waals surface area contributed by atoms with Crippen molar-refractivity contribution in [2.75, 3.05) is 26.4 Å². The Morgan fingerprint density at radius 3 is 2.33 bits per heavy atom. The maximum absolute atomic E-state index is 12.2. The van der Waals surface area contributed by atoms with Gasteiger partial charge in [-0.15, -0.1) is 0 Å². The number of esters is 1. The average Bonchev–Trinajstić information content (AvgIpc) is 2.38. The Hall–Kier alpha value is -0.940. The number of hydrogen-bond donors (Lipinski definition) is 0. The molecule has 0 spiro atoms. The number of hydrogen-bond acceptors (Lipinski definition) is 5. The van der Waals surface area contributed by atoms with E-state index >= 15 is 0 Å². The van der Waals surface area contributed by atoms with Crippen LogP contribution in [0, 0.1) is 0 Å². The highest BCUT2D eigenvalue weighted by Gasteiger charge is 2.40. The van der Waals surface area contributed by atoms with Crippen LogP contribution in [0.3, 0.4) is 0 Å². The van der Waals surface area contributed by atoms with Crippen molar-refractivity contribution in [2.45, 2.75) is 45.1 Å². The molecule has 0 radical (unpaired) electrons. The van der Waals surface area contributed by atoms with Gasteiger partial charge in [-0.1, -0.05) is 0 Å². The summed E-state index contributed by atoms with van der Waals surface area (Å²) in [6.45, 7) is 5.52. The van der Waals surface area contributed by atoms with Crippen LogP contribution in [-0.2, 0) is 23.8 Å². The molecule has 18 heavy (non-hydrogen) atoms. The highest BCUT2D eigenvalue weighted by Crippen LogP contribution is 2.28. The third-order valence-corrected chi connectivity index (χ3v) is 3.09. The van der Waals surface area contributed by atoms with Crippen LogP contribution in [-0.4, -0.2) is 43.8 Å². The Morgan fingerprint density at radius 2 is 1.78 bits per heavy atom. The van der Waals surface area contributed by atoms with E-state index in [2.05, 4.69) is 0 Å². The quantitative estimate of drug-likeness (QED) is 0.647. The van der Waals surface area contributed by atoms with E-state index in [0.717, 1.165) is 0 Å². The third kappa shape index (κ3) is 4.07. The molecule has 1 heterocycles. The number of Topliss-reactive ketones (excluding diaryl/α,β-unsaturated/α-hetero) is 1. The van der Waals surface area contributed by atoms with Gasteiger partial charge in [-0.2, -0.15) is 0 Å². The summed E-state index contributed by atoms with van der Waals surface area (Å²) in [5.41, 5.74) is -0.751. The van der Waals surface area contributed by atoms with Gasteiger partial charge < -0.3 is 14.2 Å². The summed E-state index contributed by atoms with van der Waals surface area (Å²) in [7, 11) is 0. The Labute approximate surface area is 108 Å². The largest absolute Gasteiger partial charge is 0.466 e. The van der Waals surface area contributed by atoms with Crippen molar-refractivity contribution in [1.82, 2.24) is 0 Å². The van der Waals surface area contributed by atoms with E-state index < -0.39 is 5.60 Å². The van der Waals surface area contributed by atoms with Crippen molar-refractivity contribution >= 4 is 11.8 Å². The molecule has 1 aliphatic rings. The standard InChI is InChI=1S/C13H22O5/c1-3-17-12(15)6-5-11(14)13(18-4-2)7-9-16-10-8-13/h3-10H2,1-2H3. The molecular weight excluding hydrogens is 236 g/mol. The summed E-state index contributed by atoms with van der Waals surface area (Å²) < 4.78 is 15.7. The maximum Gasteiger partial charge on any atom is 0.306 e. The molecule has 0 aromatic rings. The molecular formula is C13H22O5. The first-order valence-corrected chi connectivity index (χ1v) is 6.55. The van der Waals surface area contributed by atoms with Crippen molar-refractivity contribution < 1.29 is 23.8 Å². The molecule has 1 aliphatic heterocycles. The molecule has 0 bridgehead atoms. The Kier molecular flexibility index (Phi) is 6.29. The van der Waals surface area contributed by atoms with Crippen LogP contribution in [0.5, 0.6) is 0 Å². The second kappa shape index (κ2) is 7.48. The molecule has 5 nitrogen and oxygen atoms in total. The number of ketones is 1. The second-order valence-electron chi connectivity index (χ2n) is 4.27. The summed E-state index contributed by atoms with van der Waals surface area (Å²) in [5, 5.41) is 0. The molecule has 104 valence electrons. The number of ether oxygens (including phenoxy) is 3. The van der Waals surface area contributed by atoms with Gasteiger partial charge in [-0.25, -0.2) is 0 Å². The van der Waals surface area contributed by atoms with E-state index in [1.165, 1.54) is 0 Å². The minimum absolute atomic E-state index is 0.0132. The van der Waals surface area contributed by atoms with Crippen LogP contribution in [0.4, 0.5) is 0 Å². The Morgan fingerprint density at radius 1 is 1.11 bits per heavy atom. The maximum atomic E-state index is 12.2. The molecule has 0 amide bonds. The monoisotopic (exact) mass is 258 g/mol. The van der Waals surface area contributed by atoms with Gasteiger partial charge in [0.15, 0.2) is 5.78 Å². The number of rotatable bonds is 7. The SMILES string of the molecule is CCOC(=O)CCC(=O)C1(OCC)CCOCC1. The van der Waals surface area contributed by atoms with E-state index in [-0.39, 0.29) is 24.6 Å². The van der Waals surface area contributed by atoms with Crippen molar-refractivity contribution in [1.29, 1.82) is 0 Å². The molecule has 1 rings (SSSR count). The Balaban J connectivity index is 2.51. The fourth-order valence-corrected chi connectivity index (χ4v) is 2.16. The lowest BCUT2D eigenvalue weighted by molar-refractivity contribution is -0.159. The molecule has 0 aliphatic carbocycles. The van der Waals surface area contributed by atoms with E-state index in [1.54, 1.807) is 6.92 Å². The van der Waals surface area contributed by atoms with Crippen molar-refractivity contribution in [3.8, 4) is 0 Å². The van der Waals surface area contributed by atoms with Gasteiger partial charge in [0, 0.05) is 39.1 Å². The summed E-state index contributed by atoms with van der Waals surface area (Å²) >= 11 is 0. The lowest BCUT2D eigenvalue weighted by atomic mass is 9.87. The van der Waals surface area contributed by atoms with Crippen molar-refractivity contribution in [3.05, 3.63) is 0 Å². The van der Waals surface area contributed by atoms with Crippen LogP contribution in [0.15, 0.2) is 0 Å². The number of carbonyl (C=O) groups is 2. The molecule has 0 atom stereocenters. The molecule has 0 aromatic carbocycles. The van der Waals surface area contributed by atoms with E-state index in [4.69, 9.17) is 14.2 Å². The van der Waals surface area contributed by atoms with Crippen LogP contribution in [0.1, 0.15) is 39.5 Å². The zero-order valence-electron chi connectivity index (χ0n) is 11.2. The fraction of sp³-hybridized carbons (Fsp3) is 0.846. The molecule has 0 N–H and O–H groups in total. The molecule has 1 saturated heterocycles. The number of carbonyl (C=O) groups excluding carboxylic acids is 2. The lowest BCUT2D eigenvalue weighted by Crippen LogP contribution is -2.46. The minimum Gasteiger partial charge on any atom is -0.466 e. The topological polar surface area (TPSA) is 61.8 Å². The zero-order valence-corrected chi connectivity index (χ0v) is 11.2. The molecule has 0 unspecified atom stereocenters. The highest BCUT2D eigenvalue weighted by atomic mass is 16.5. The first kappa shape index (κ1) is 15.1. The smallest absolute Gasteiger partial charge is 0.306 e. The van der Waals surface area contributed by atoms with Gasteiger partial charge in [0.05, 0.1) is 13.0 Å². The van der Waals surface area contributed by atoms with Gasteiger partial charge in [-0.05, 0) is 13.8 Å².